The number of hydrogen-bond donors (Lipinski definition) is 1. The molecule has 0 aromatic heterocycles. The number of likely N-dealkylation sites (tertiary alicyclic amines) is 1. The Kier molecular flexibility index (Phi) is 7.29. The molecular weight excluding hydrogens is 394 g/mol. The lowest BCUT2D eigenvalue weighted by atomic mass is 9.88. The van der Waals surface area contributed by atoms with E-state index in [2.05, 4.69) is 68.4 Å². The summed E-state index contributed by atoms with van der Waals surface area (Å²) in [5.74, 6) is 2.14. The highest BCUT2D eigenvalue weighted by Gasteiger charge is 2.38. The van der Waals surface area contributed by atoms with E-state index in [1.165, 1.54) is 23.1 Å². The quantitative estimate of drug-likeness (QED) is 0.459. The summed E-state index contributed by atoms with van der Waals surface area (Å²) < 4.78 is 6.92. The van der Waals surface area contributed by atoms with E-state index < -0.39 is 6.10 Å². The van der Waals surface area contributed by atoms with Crippen LogP contribution in [-0.4, -0.2) is 41.9 Å². The van der Waals surface area contributed by atoms with Gasteiger partial charge < -0.3 is 14.3 Å². The van der Waals surface area contributed by atoms with Crippen LogP contribution in [0.4, 0.5) is 0 Å². The Labute approximate surface area is 192 Å². The van der Waals surface area contributed by atoms with E-state index >= 15 is 0 Å². The predicted octanol–water partition coefficient (Wildman–Crippen LogP) is 5.79. The van der Waals surface area contributed by atoms with Gasteiger partial charge in [-0.1, -0.05) is 86.6 Å². The van der Waals surface area contributed by atoms with Crippen LogP contribution in [0.25, 0.3) is 11.1 Å². The van der Waals surface area contributed by atoms with Gasteiger partial charge in [0.05, 0.1) is 13.1 Å². The van der Waals surface area contributed by atoms with Crippen molar-refractivity contribution in [2.75, 3.05) is 26.2 Å². The summed E-state index contributed by atoms with van der Waals surface area (Å²) in [5, 5.41) is 11.0. The van der Waals surface area contributed by atoms with E-state index in [-0.39, 0.29) is 0 Å². The molecule has 0 aliphatic carbocycles. The Bertz CT molecular complexity index is 945. The Morgan fingerprint density at radius 3 is 2.00 bits per heavy atom. The highest BCUT2D eigenvalue weighted by molar-refractivity contribution is 5.63. The Morgan fingerprint density at radius 1 is 0.812 bits per heavy atom. The molecule has 1 aliphatic rings. The molecule has 3 aromatic carbocycles. The van der Waals surface area contributed by atoms with E-state index in [0.29, 0.717) is 18.4 Å². The van der Waals surface area contributed by atoms with E-state index in [1.807, 2.05) is 30.3 Å². The first kappa shape index (κ1) is 22.6. The van der Waals surface area contributed by atoms with Gasteiger partial charge in [0.25, 0.3) is 0 Å². The minimum Gasteiger partial charge on any atom is -0.491 e. The van der Waals surface area contributed by atoms with Crippen LogP contribution in [0.1, 0.15) is 25.8 Å². The maximum absolute atomic E-state index is 11.0. The van der Waals surface area contributed by atoms with Crippen molar-refractivity contribution < 1.29 is 14.3 Å². The Hall–Kier alpha value is -2.62. The summed E-state index contributed by atoms with van der Waals surface area (Å²) in [7, 11) is 0. The lowest BCUT2D eigenvalue weighted by Crippen LogP contribution is -2.59. The van der Waals surface area contributed by atoms with Gasteiger partial charge in [-0.15, -0.1) is 0 Å². The first-order valence-electron chi connectivity index (χ1n) is 11.9. The monoisotopic (exact) mass is 430 g/mol. The van der Waals surface area contributed by atoms with Crippen LogP contribution in [0, 0.1) is 11.8 Å². The van der Waals surface area contributed by atoms with E-state index in [9.17, 15) is 5.11 Å². The predicted molar refractivity (Wildman–Crippen MR) is 131 cm³/mol. The fourth-order valence-corrected chi connectivity index (χ4v) is 5.61. The molecule has 1 aliphatic heterocycles. The van der Waals surface area contributed by atoms with Crippen LogP contribution in [0.2, 0.25) is 0 Å². The number of nitrogens with zero attached hydrogens (tertiary/aromatic N) is 1. The van der Waals surface area contributed by atoms with E-state index in [0.717, 1.165) is 36.4 Å². The number of aliphatic hydroxyl groups is 1. The van der Waals surface area contributed by atoms with Crippen LogP contribution in [-0.2, 0) is 6.54 Å². The second kappa shape index (κ2) is 10.3. The van der Waals surface area contributed by atoms with Gasteiger partial charge in [-0.25, -0.2) is 0 Å². The topological polar surface area (TPSA) is 29.5 Å². The molecule has 1 saturated heterocycles. The molecule has 32 heavy (non-hydrogen) atoms. The molecule has 1 unspecified atom stereocenters. The molecular formula is C29H36NO2+. The number of quaternary nitrogens is 1. The second-order valence-electron chi connectivity index (χ2n) is 9.83. The highest BCUT2D eigenvalue weighted by Crippen LogP contribution is 2.30. The molecule has 4 atom stereocenters. The van der Waals surface area contributed by atoms with Gasteiger partial charge >= 0.3 is 0 Å². The van der Waals surface area contributed by atoms with Gasteiger partial charge in [0.15, 0.2) is 0 Å². The largest absolute Gasteiger partial charge is 0.491 e. The summed E-state index contributed by atoms with van der Waals surface area (Å²) >= 11 is 0. The summed E-state index contributed by atoms with van der Waals surface area (Å²) in [6, 6.07) is 29.2. The molecule has 0 saturated carbocycles. The van der Waals surface area contributed by atoms with E-state index in [1.54, 1.807) is 0 Å². The van der Waals surface area contributed by atoms with Crippen molar-refractivity contribution in [3.8, 4) is 16.9 Å². The average Bonchev–Trinajstić information content (AvgIpc) is 2.78. The molecule has 1 heterocycles. The maximum Gasteiger partial charge on any atom is 0.137 e. The minimum atomic E-state index is -0.495. The number of piperidine rings is 1. The smallest absolute Gasteiger partial charge is 0.137 e. The first-order chi connectivity index (χ1) is 15.5. The van der Waals surface area contributed by atoms with Crippen LogP contribution in [0.15, 0.2) is 84.9 Å². The molecule has 0 bridgehead atoms. The molecule has 3 heteroatoms. The number of benzene rings is 3. The summed E-state index contributed by atoms with van der Waals surface area (Å²) in [4.78, 5) is 0. The zero-order valence-corrected chi connectivity index (χ0v) is 19.4. The normalized spacial score (nSPS) is 24.1. The summed E-state index contributed by atoms with van der Waals surface area (Å²) in [6.45, 7) is 8.95. The standard InChI is InChI=1S/C29H36NO2/c1-23-17-24(2)19-30(18-23,20-25-9-5-3-6-10-25)21-28(31)22-32-29-15-13-27(14-16-29)26-11-7-4-8-12-26/h3-16,23-24,28,31H,17-22H2,1-2H3/q+1/t23-,24+,28-,30?/m0/s1. The van der Waals surface area contributed by atoms with Gasteiger partial charge in [0.2, 0.25) is 0 Å². The number of rotatable bonds is 8. The van der Waals surface area contributed by atoms with Crippen molar-refractivity contribution >= 4 is 0 Å². The van der Waals surface area contributed by atoms with E-state index in [4.69, 9.17) is 4.74 Å². The first-order valence-corrected chi connectivity index (χ1v) is 11.9. The van der Waals surface area contributed by atoms with Crippen LogP contribution >= 0.6 is 0 Å². The SMILES string of the molecule is C[C@@H]1C[C@H](C)C[N+](Cc2ccccc2)(C[C@H](O)COc2ccc(-c3ccccc3)cc2)C1. The van der Waals surface area contributed by atoms with Crippen molar-refractivity contribution in [3.63, 3.8) is 0 Å². The fourth-order valence-electron chi connectivity index (χ4n) is 5.61. The van der Waals surface area contributed by atoms with Crippen LogP contribution < -0.4 is 4.74 Å². The zero-order chi connectivity index (χ0) is 22.4. The number of ether oxygens (including phenoxy) is 1. The maximum atomic E-state index is 11.0. The van der Waals surface area contributed by atoms with Crippen LogP contribution in [0.5, 0.6) is 5.75 Å². The minimum absolute atomic E-state index is 0.322. The third-order valence-corrected chi connectivity index (χ3v) is 6.57. The lowest BCUT2D eigenvalue weighted by Gasteiger charge is -2.47. The number of hydrogen-bond acceptors (Lipinski definition) is 2. The molecule has 4 rings (SSSR count). The molecule has 0 radical (unpaired) electrons. The average molecular weight is 431 g/mol. The Balaban J connectivity index is 1.39. The summed E-state index contributed by atoms with van der Waals surface area (Å²) in [6.07, 6.45) is 0.778. The van der Waals surface area contributed by atoms with Gasteiger partial charge in [-0.3, -0.25) is 0 Å². The van der Waals surface area contributed by atoms with Crippen molar-refractivity contribution in [1.82, 2.24) is 0 Å². The highest BCUT2D eigenvalue weighted by atomic mass is 16.5. The molecule has 0 spiro atoms. The van der Waals surface area contributed by atoms with Crippen molar-refractivity contribution in [2.45, 2.75) is 32.9 Å². The molecule has 0 amide bonds. The molecule has 168 valence electrons. The van der Waals surface area contributed by atoms with Gasteiger partial charge in [-0.05, 0) is 29.7 Å². The second-order valence-corrected chi connectivity index (χ2v) is 9.83. The molecule has 3 nitrogen and oxygen atoms in total. The van der Waals surface area contributed by atoms with Crippen molar-refractivity contribution in [2.24, 2.45) is 11.8 Å². The fraction of sp³-hybridized carbons (Fsp3) is 0.379. The third kappa shape index (κ3) is 5.99. The molecule has 1 fully saturated rings. The third-order valence-electron chi connectivity index (χ3n) is 6.57. The van der Waals surface area contributed by atoms with Crippen molar-refractivity contribution in [3.05, 3.63) is 90.5 Å². The summed E-state index contributed by atoms with van der Waals surface area (Å²) in [5.41, 5.74) is 3.71. The van der Waals surface area contributed by atoms with Crippen molar-refractivity contribution in [1.29, 1.82) is 0 Å². The van der Waals surface area contributed by atoms with Gasteiger partial charge in [0, 0.05) is 17.4 Å². The molecule has 3 aromatic rings. The van der Waals surface area contributed by atoms with Gasteiger partial charge in [-0.2, -0.15) is 0 Å². The van der Waals surface area contributed by atoms with Gasteiger partial charge in [0.1, 0.15) is 31.5 Å². The lowest BCUT2D eigenvalue weighted by molar-refractivity contribution is -0.954. The Morgan fingerprint density at radius 2 is 1.38 bits per heavy atom. The molecule has 1 N–H and O–H groups in total. The zero-order valence-electron chi connectivity index (χ0n) is 19.4. The number of aliphatic hydroxyl groups excluding tert-OH is 1. The van der Waals surface area contributed by atoms with Crippen LogP contribution in [0.3, 0.4) is 0 Å².